The highest BCUT2D eigenvalue weighted by Crippen LogP contribution is 2.37. The Kier molecular flexibility index (Phi) is 7.78. The normalized spacial score (nSPS) is 11.2. The van der Waals surface area contributed by atoms with Crippen molar-refractivity contribution in [2.45, 2.75) is 6.54 Å². The monoisotopic (exact) mass is 409 g/mol. The first-order valence-corrected chi connectivity index (χ1v) is 11.5. The average molecular weight is 409 g/mol. The van der Waals surface area contributed by atoms with E-state index in [1.165, 1.54) is 24.3 Å². The van der Waals surface area contributed by atoms with Gasteiger partial charge in [0, 0.05) is 37.5 Å². The first kappa shape index (κ1) is 21.7. The predicted molar refractivity (Wildman–Crippen MR) is 108 cm³/mol. The van der Waals surface area contributed by atoms with Crippen molar-refractivity contribution in [1.29, 1.82) is 0 Å². The van der Waals surface area contributed by atoms with E-state index in [0.717, 1.165) is 0 Å². The Hall–Kier alpha value is -2.64. The SMILES string of the molecule is CP(C)(=O)COc1ccc([N+](=O)[O-])c(NCCOCCn2ccccc2=O)c1. The van der Waals surface area contributed by atoms with Gasteiger partial charge < -0.3 is 23.9 Å². The molecule has 2 aromatic rings. The maximum atomic E-state index is 11.8. The number of hydrogen-bond acceptors (Lipinski definition) is 7. The van der Waals surface area contributed by atoms with Crippen LogP contribution < -0.4 is 15.6 Å². The Balaban J connectivity index is 1.85. The van der Waals surface area contributed by atoms with Crippen LogP contribution in [0.25, 0.3) is 0 Å². The van der Waals surface area contributed by atoms with Gasteiger partial charge in [0.15, 0.2) is 0 Å². The van der Waals surface area contributed by atoms with E-state index in [2.05, 4.69) is 5.32 Å². The van der Waals surface area contributed by atoms with E-state index < -0.39 is 12.1 Å². The van der Waals surface area contributed by atoms with Crippen LogP contribution in [0.4, 0.5) is 11.4 Å². The lowest BCUT2D eigenvalue weighted by molar-refractivity contribution is -0.384. The van der Waals surface area contributed by atoms with Gasteiger partial charge in [-0.15, -0.1) is 0 Å². The number of nitrogens with zero attached hydrogens (tertiary/aromatic N) is 2. The highest BCUT2D eigenvalue weighted by molar-refractivity contribution is 7.62. The molecule has 0 fully saturated rings. The van der Waals surface area contributed by atoms with Gasteiger partial charge in [0.2, 0.25) is 0 Å². The molecule has 0 aliphatic carbocycles. The minimum Gasteiger partial charge on any atom is -0.486 e. The van der Waals surface area contributed by atoms with E-state index in [0.29, 0.717) is 37.7 Å². The van der Waals surface area contributed by atoms with Crippen molar-refractivity contribution in [3.05, 3.63) is 63.1 Å². The second-order valence-electron chi connectivity index (χ2n) is 6.55. The molecule has 28 heavy (non-hydrogen) atoms. The molecule has 10 heteroatoms. The summed E-state index contributed by atoms with van der Waals surface area (Å²) in [4.78, 5) is 22.3. The fraction of sp³-hybridized carbons (Fsp3) is 0.389. The highest BCUT2D eigenvalue weighted by Gasteiger charge is 2.15. The highest BCUT2D eigenvalue weighted by atomic mass is 31.2. The summed E-state index contributed by atoms with van der Waals surface area (Å²) in [6, 6.07) is 9.26. The number of anilines is 1. The van der Waals surface area contributed by atoms with E-state index in [1.807, 2.05) is 0 Å². The van der Waals surface area contributed by atoms with E-state index >= 15 is 0 Å². The van der Waals surface area contributed by atoms with Crippen LogP contribution in [0.5, 0.6) is 5.75 Å². The van der Waals surface area contributed by atoms with Crippen LogP contribution in [-0.2, 0) is 15.8 Å². The smallest absolute Gasteiger partial charge is 0.292 e. The Morgan fingerprint density at radius 3 is 2.68 bits per heavy atom. The lowest BCUT2D eigenvalue weighted by atomic mass is 10.2. The van der Waals surface area contributed by atoms with Crippen LogP contribution in [0.3, 0.4) is 0 Å². The minimum atomic E-state index is -2.36. The minimum absolute atomic E-state index is 0.0617. The Morgan fingerprint density at radius 1 is 1.21 bits per heavy atom. The standard InChI is InChI=1S/C18H24N3O6P/c1-28(2,25)14-27-15-6-7-17(21(23)24)16(13-15)19-8-11-26-12-10-20-9-4-3-5-18(20)22/h3-7,9,13,19H,8,10-12,14H2,1-2H3. The number of benzene rings is 1. The number of nitro benzene ring substituents is 1. The van der Waals surface area contributed by atoms with Crippen molar-refractivity contribution < 1.29 is 19.0 Å². The molecule has 0 bridgehead atoms. The molecule has 0 saturated heterocycles. The molecule has 0 amide bonds. The molecule has 9 nitrogen and oxygen atoms in total. The maximum absolute atomic E-state index is 11.8. The van der Waals surface area contributed by atoms with Crippen LogP contribution in [0.1, 0.15) is 0 Å². The first-order chi connectivity index (χ1) is 13.3. The summed E-state index contributed by atoms with van der Waals surface area (Å²) < 4.78 is 24.2. The Bertz CT molecular complexity index is 908. The number of nitro groups is 1. The number of hydrogen-bond donors (Lipinski definition) is 1. The number of ether oxygens (including phenoxy) is 2. The summed E-state index contributed by atoms with van der Waals surface area (Å²) in [6.45, 7) is 4.64. The molecule has 0 unspecified atom stereocenters. The third kappa shape index (κ3) is 7.17. The number of rotatable bonds is 11. The lowest BCUT2D eigenvalue weighted by Crippen LogP contribution is -2.21. The Morgan fingerprint density at radius 2 is 2.00 bits per heavy atom. The number of nitrogens with one attached hydrogen (secondary N) is 1. The first-order valence-electron chi connectivity index (χ1n) is 8.68. The van der Waals surface area contributed by atoms with Gasteiger partial charge in [-0.05, 0) is 25.5 Å². The third-order valence-electron chi connectivity index (χ3n) is 3.64. The zero-order valence-corrected chi connectivity index (χ0v) is 16.8. The summed E-state index contributed by atoms with van der Waals surface area (Å²) >= 11 is 0. The van der Waals surface area contributed by atoms with E-state index in [9.17, 15) is 19.5 Å². The number of pyridine rings is 1. The lowest BCUT2D eigenvalue weighted by Gasteiger charge is -2.12. The molecule has 2 rings (SSSR count). The summed E-state index contributed by atoms with van der Waals surface area (Å²) in [7, 11) is -2.36. The maximum Gasteiger partial charge on any atom is 0.292 e. The van der Waals surface area contributed by atoms with Gasteiger partial charge in [-0.2, -0.15) is 0 Å². The van der Waals surface area contributed by atoms with Gasteiger partial charge in [0.1, 0.15) is 24.9 Å². The second kappa shape index (κ2) is 10.1. The van der Waals surface area contributed by atoms with E-state index in [4.69, 9.17) is 9.47 Å². The summed E-state index contributed by atoms with van der Waals surface area (Å²) in [5, 5.41) is 14.1. The van der Waals surface area contributed by atoms with Crippen LogP contribution >= 0.6 is 7.14 Å². The molecule has 1 aromatic heterocycles. The zero-order chi connectivity index (χ0) is 20.6. The summed E-state index contributed by atoms with van der Waals surface area (Å²) in [6.07, 6.45) is 1.75. The van der Waals surface area contributed by atoms with Gasteiger partial charge in [0.25, 0.3) is 11.2 Å². The molecule has 0 aliphatic rings. The van der Waals surface area contributed by atoms with Crippen LogP contribution in [0.15, 0.2) is 47.4 Å². The van der Waals surface area contributed by atoms with Gasteiger partial charge >= 0.3 is 0 Å². The van der Waals surface area contributed by atoms with Gasteiger partial charge in [-0.25, -0.2) is 0 Å². The zero-order valence-electron chi connectivity index (χ0n) is 15.9. The molecule has 1 N–H and O–H groups in total. The average Bonchev–Trinajstić information content (AvgIpc) is 2.63. The molecule has 0 atom stereocenters. The molecule has 1 aromatic carbocycles. The van der Waals surface area contributed by atoms with Gasteiger partial charge in [-0.1, -0.05) is 6.07 Å². The molecule has 0 spiro atoms. The predicted octanol–water partition coefficient (Wildman–Crippen LogP) is 2.84. The second-order valence-corrected chi connectivity index (χ2v) is 9.96. The van der Waals surface area contributed by atoms with Gasteiger partial charge in [0.05, 0.1) is 18.1 Å². The molecular formula is C18H24N3O6P. The summed E-state index contributed by atoms with van der Waals surface area (Å²) in [5.74, 6) is 0.404. The molecule has 0 saturated carbocycles. The Labute approximate surface area is 162 Å². The third-order valence-corrected chi connectivity index (χ3v) is 4.40. The molecular weight excluding hydrogens is 385 g/mol. The molecule has 0 radical (unpaired) electrons. The van der Waals surface area contributed by atoms with Crippen LogP contribution in [0, 0.1) is 10.1 Å². The fourth-order valence-corrected chi connectivity index (χ4v) is 2.76. The van der Waals surface area contributed by atoms with Crippen molar-refractivity contribution in [3.8, 4) is 5.75 Å². The number of aromatic nitrogens is 1. The van der Waals surface area contributed by atoms with Crippen molar-refractivity contribution in [1.82, 2.24) is 4.57 Å². The summed E-state index contributed by atoms with van der Waals surface area (Å²) in [5.41, 5.74) is 0.118. The fourth-order valence-electron chi connectivity index (χ4n) is 2.30. The topological polar surface area (TPSA) is 113 Å². The van der Waals surface area contributed by atoms with E-state index in [-0.39, 0.29) is 17.6 Å². The van der Waals surface area contributed by atoms with Crippen LogP contribution in [0.2, 0.25) is 0 Å². The van der Waals surface area contributed by atoms with E-state index in [1.54, 1.807) is 36.2 Å². The van der Waals surface area contributed by atoms with Gasteiger partial charge in [-0.3, -0.25) is 14.9 Å². The molecule has 152 valence electrons. The van der Waals surface area contributed by atoms with Crippen molar-refractivity contribution >= 4 is 18.5 Å². The van der Waals surface area contributed by atoms with Crippen LogP contribution in [-0.4, -0.2) is 48.9 Å². The molecule has 0 aliphatic heterocycles. The van der Waals surface area contributed by atoms with Crippen molar-refractivity contribution in [3.63, 3.8) is 0 Å². The largest absolute Gasteiger partial charge is 0.486 e. The quantitative estimate of drug-likeness (QED) is 0.263. The molecule has 1 heterocycles. The van der Waals surface area contributed by atoms with Crippen molar-refractivity contribution in [2.24, 2.45) is 0 Å². The van der Waals surface area contributed by atoms with Crippen molar-refractivity contribution in [2.75, 3.05) is 44.8 Å².